The van der Waals surface area contributed by atoms with Gasteiger partial charge >= 0.3 is 0 Å². The first-order valence-corrected chi connectivity index (χ1v) is 8.58. The average Bonchev–Trinajstić information content (AvgIpc) is 2.69. The maximum Gasteiger partial charge on any atom is 0.261 e. The minimum atomic E-state index is -3.75. The van der Waals surface area contributed by atoms with Crippen LogP contribution in [0.2, 0.25) is 0 Å². The second-order valence-corrected chi connectivity index (χ2v) is 6.96. The molecule has 0 saturated heterocycles. The maximum atomic E-state index is 12.5. The van der Waals surface area contributed by atoms with E-state index in [-0.39, 0.29) is 23.8 Å². The van der Waals surface area contributed by atoms with E-state index in [0.29, 0.717) is 17.1 Å². The number of carbonyl (C=O) groups is 1. The first-order chi connectivity index (χ1) is 10.9. The fourth-order valence-electron chi connectivity index (χ4n) is 2.20. The zero-order chi connectivity index (χ0) is 16.4. The molecule has 0 aliphatic carbocycles. The number of fused-ring (bicyclic) bond motifs is 1. The summed E-state index contributed by atoms with van der Waals surface area (Å²) in [7, 11) is -3.75. The Labute approximate surface area is 134 Å². The molecule has 2 aromatic carbocycles. The molecule has 1 heterocycles. The second kappa shape index (κ2) is 5.92. The minimum absolute atomic E-state index is 0.0580. The normalized spacial score (nSPS) is 14.2. The highest BCUT2D eigenvalue weighted by Crippen LogP contribution is 2.30. The van der Waals surface area contributed by atoms with Crippen LogP contribution in [-0.2, 0) is 14.8 Å². The van der Waals surface area contributed by atoms with Gasteiger partial charge in [-0.2, -0.15) is 0 Å². The molecule has 120 valence electrons. The van der Waals surface area contributed by atoms with Crippen LogP contribution in [0.25, 0.3) is 0 Å². The smallest absolute Gasteiger partial charge is 0.261 e. The first kappa shape index (κ1) is 15.4. The lowest BCUT2D eigenvalue weighted by Crippen LogP contribution is -2.14. The predicted molar refractivity (Wildman–Crippen MR) is 87.2 cm³/mol. The number of nitrogens with one attached hydrogen (secondary N) is 2. The van der Waals surface area contributed by atoms with Gasteiger partial charge in [0.05, 0.1) is 23.6 Å². The van der Waals surface area contributed by atoms with Crippen molar-refractivity contribution in [1.29, 1.82) is 0 Å². The lowest BCUT2D eigenvalue weighted by Gasteiger charge is -2.11. The van der Waals surface area contributed by atoms with Crippen molar-refractivity contribution in [2.75, 3.05) is 16.6 Å². The fraction of sp³-hybridized carbons (Fsp3) is 0.188. The van der Waals surface area contributed by atoms with Crippen LogP contribution in [-0.4, -0.2) is 20.9 Å². The van der Waals surface area contributed by atoms with Crippen LogP contribution in [0.3, 0.4) is 0 Å². The summed E-state index contributed by atoms with van der Waals surface area (Å²) < 4.78 is 32.9. The quantitative estimate of drug-likeness (QED) is 0.904. The molecule has 23 heavy (non-hydrogen) atoms. The number of hydrogen-bond donors (Lipinski definition) is 2. The van der Waals surface area contributed by atoms with E-state index in [1.807, 2.05) is 19.1 Å². The molecule has 1 aliphatic rings. The van der Waals surface area contributed by atoms with Crippen LogP contribution in [0.5, 0.6) is 5.75 Å². The minimum Gasteiger partial charge on any atom is -0.491 e. The van der Waals surface area contributed by atoms with Crippen LogP contribution in [0, 0.1) is 6.92 Å². The molecule has 0 radical (unpaired) electrons. The summed E-state index contributed by atoms with van der Waals surface area (Å²) in [5.41, 5.74) is 1.88. The number of aryl methyl sites for hydroxylation is 1. The molecule has 0 unspecified atom stereocenters. The molecule has 1 amide bonds. The van der Waals surface area contributed by atoms with Crippen molar-refractivity contribution in [1.82, 2.24) is 0 Å². The topological polar surface area (TPSA) is 84.5 Å². The monoisotopic (exact) mass is 332 g/mol. The van der Waals surface area contributed by atoms with Crippen molar-refractivity contribution >= 4 is 27.3 Å². The third-order valence-electron chi connectivity index (χ3n) is 3.43. The van der Waals surface area contributed by atoms with Gasteiger partial charge in [0.25, 0.3) is 10.0 Å². The van der Waals surface area contributed by atoms with E-state index in [1.165, 1.54) is 12.1 Å². The van der Waals surface area contributed by atoms with Crippen molar-refractivity contribution in [2.24, 2.45) is 0 Å². The van der Waals surface area contributed by atoms with Gasteiger partial charge in [-0.15, -0.1) is 0 Å². The number of hydrogen-bond acceptors (Lipinski definition) is 4. The lowest BCUT2D eigenvalue weighted by molar-refractivity contribution is -0.116. The summed E-state index contributed by atoms with van der Waals surface area (Å²) in [6, 6.07) is 11.4. The highest BCUT2D eigenvalue weighted by Gasteiger charge is 2.19. The number of carbonyl (C=O) groups excluding carboxylic acids is 1. The van der Waals surface area contributed by atoms with E-state index in [4.69, 9.17) is 4.74 Å². The zero-order valence-corrected chi connectivity index (χ0v) is 13.3. The number of anilines is 2. The number of amides is 1. The molecule has 7 heteroatoms. The van der Waals surface area contributed by atoms with Crippen LogP contribution in [0.1, 0.15) is 12.0 Å². The van der Waals surface area contributed by atoms with Gasteiger partial charge in [-0.1, -0.05) is 17.7 Å². The predicted octanol–water partition coefficient (Wildman–Crippen LogP) is 2.52. The Hall–Kier alpha value is -2.54. The lowest BCUT2D eigenvalue weighted by atomic mass is 10.2. The highest BCUT2D eigenvalue weighted by molar-refractivity contribution is 7.92. The molecule has 2 aromatic rings. The van der Waals surface area contributed by atoms with E-state index in [9.17, 15) is 13.2 Å². The Morgan fingerprint density at radius 3 is 2.61 bits per heavy atom. The van der Waals surface area contributed by atoms with Crippen molar-refractivity contribution in [2.45, 2.75) is 18.2 Å². The molecular weight excluding hydrogens is 316 g/mol. The van der Waals surface area contributed by atoms with Gasteiger partial charge in [0.2, 0.25) is 5.91 Å². The van der Waals surface area contributed by atoms with E-state index in [1.54, 1.807) is 18.2 Å². The number of sulfonamides is 1. The van der Waals surface area contributed by atoms with Crippen LogP contribution >= 0.6 is 0 Å². The molecule has 3 rings (SSSR count). The van der Waals surface area contributed by atoms with Crippen LogP contribution < -0.4 is 14.8 Å². The molecule has 0 atom stereocenters. The maximum absolute atomic E-state index is 12.5. The molecule has 1 aliphatic heterocycles. The number of ether oxygens (including phenoxy) is 1. The third-order valence-corrected chi connectivity index (χ3v) is 4.80. The van der Waals surface area contributed by atoms with E-state index in [0.717, 1.165) is 5.56 Å². The Morgan fingerprint density at radius 1 is 1.13 bits per heavy atom. The van der Waals surface area contributed by atoms with Gasteiger partial charge in [-0.05, 0) is 37.3 Å². The molecule has 6 nitrogen and oxygen atoms in total. The molecule has 0 saturated carbocycles. The summed E-state index contributed by atoms with van der Waals surface area (Å²) in [4.78, 5) is 11.6. The summed E-state index contributed by atoms with van der Waals surface area (Å²) in [5.74, 6) is 0.259. The van der Waals surface area contributed by atoms with E-state index < -0.39 is 10.0 Å². The molecule has 0 aromatic heterocycles. The van der Waals surface area contributed by atoms with E-state index >= 15 is 0 Å². The molecule has 2 N–H and O–H groups in total. The largest absolute Gasteiger partial charge is 0.491 e. The number of benzene rings is 2. The van der Waals surface area contributed by atoms with Crippen LogP contribution in [0.15, 0.2) is 47.4 Å². The molecular formula is C16H16N2O4S. The summed E-state index contributed by atoms with van der Waals surface area (Å²) in [5, 5.41) is 2.65. The highest BCUT2D eigenvalue weighted by atomic mass is 32.2. The van der Waals surface area contributed by atoms with E-state index in [2.05, 4.69) is 10.0 Å². The van der Waals surface area contributed by atoms with Crippen molar-refractivity contribution < 1.29 is 17.9 Å². The third kappa shape index (κ3) is 3.45. The Bertz CT molecular complexity index is 845. The SMILES string of the molecule is Cc1ccc(NS(=O)(=O)c2ccc3c(c2)NC(=O)CCO3)cc1. The second-order valence-electron chi connectivity index (χ2n) is 5.28. The van der Waals surface area contributed by atoms with Crippen molar-refractivity contribution in [3.05, 3.63) is 48.0 Å². The van der Waals surface area contributed by atoms with Gasteiger partial charge in [-0.3, -0.25) is 9.52 Å². The average molecular weight is 332 g/mol. The standard InChI is InChI=1S/C16H16N2O4S/c1-11-2-4-12(5-3-11)18-23(20,21)13-6-7-15-14(10-13)17-16(19)8-9-22-15/h2-7,10,18H,8-9H2,1H3,(H,17,19). The summed E-state index contributed by atoms with van der Waals surface area (Å²) in [6.45, 7) is 2.19. The Morgan fingerprint density at radius 2 is 1.87 bits per heavy atom. The fourth-order valence-corrected chi connectivity index (χ4v) is 3.29. The Kier molecular flexibility index (Phi) is 3.96. The number of rotatable bonds is 3. The first-order valence-electron chi connectivity index (χ1n) is 7.10. The summed E-state index contributed by atoms with van der Waals surface area (Å²) >= 11 is 0. The van der Waals surface area contributed by atoms with Gasteiger partial charge < -0.3 is 10.1 Å². The summed E-state index contributed by atoms with van der Waals surface area (Å²) in [6.07, 6.45) is 0.235. The van der Waals surface area contributed by atoms with Crippen LogP contribution in [0.4, 0.5) is 11.4 Å². The molecule has 0 fully saturated rings. The Balaban J connectivity index is 1.91. The molecule has 0 spiro atoms. The van der Waals surface area contributed by atoms with Gasteiger partial charge in [0.15, 0.2) is 0 Å². The van der Waals surface area contributed by atoms with Gasteiger partial charge in [0, 0.05) is 5.69 Å². The van der Waals surface area contributed by atoms with Gasteiger partial charge in [0.1, 0.15) is 5.75 Å². The zero-order valence-electron chi connectivity index (χ0n) is 12.5. The molecule has 0 bridgehead atoms. The van der Waals surface area contributed by atoms with Gasteiger partial charge in [-0.25, -0.2) is 8.42 Å². The van der Waals surface area contributed by atoms with Crippen molar-refractivity contribution in [3.8, 4) is 5.75 Å². The van der Waals surface area contributed by atoms with Crippen molar-refractivity contribution in [3.63, 3.8) is 0 Å².